The van der Waals surface area contributed by atoms with E-state index in [-0.39, 0.29) is 5.56 Å². The summed E-state index contributed by atoms with van der Waals surface area (Å²) in [5.74, 6) is 0.747. The van der Waals surface area contributed by atoms with Gasteiger partial charge in [-0.05, 0) is 49.2 Å². The number of aromatic nitrogens is 1. The highest BCUT2D eigenvalue weighted by molar-refractivity contribution is 6.30. The number of fused-ring (bicyclic) bond motifs is 3. The second-order valence-electron chi connectivity index (χ2n) is 5.39. The van der Waals surface area contributed by atoms with Gasteiger partial charge in [0.1, 0.15) is 5.75 Å². The van der Waals surface area contributed by atoms with Crippen LogP contribution in [0.2, 0.25) is 5.02 Å². The first kappa shape index (κ1) is 13.4. The van der Waals surface area contributed by atoms with E-state index in [1.807, 2.05) is 36.4 Å². The number of hydrogen-bond donors (Lipinski definition) is 0. The van der Waals surface area contributed by atoms with Crippen molar-refractivity contribution in [1.82, 2.24) is 4.57 Å². The van der Waals surface area contributed by atoms with Crippen LogP contribution in [0, 0.1) is 0 Å². The molecule has 0 radical (unpaired) electrons. The van der Waals surface area contributed by atoms with E-state index in [9.17, 15) is 4.79 Å². The van der Waals surface area contributed by atoms with Crippen molar-refractivity contribution in [3.8, 4) is 11.4 Å². The number of pyridine rings is 1. The number of benzene rings is 2. The Morgan fingerprint density at radius 1 is 1.05 bits per heavy atom. The van der Waals surface area contributed by atoms with E-state index < -0.39 is 0 Å². The lowest BCUT2D eigenvalue weighted by molar-refractivity contribution is 0.290. The van der Waals surface area contributed by atoms with Crippen molar-refractivity contribution >= 4 is 22.5 Å². The Kier molecular flexibility index (Phi) is 3.16. The molecule has 0 fully saturated rings. The van der Waals surface area contributed by atoms with Gasteiger partial charge in [0.15, 0.2) is 0 Å². The van der Waals surface area contributed by atoms with Crippen molar-refractivity contribution in [1.29, 1.82) is 0 Å². The fraction of sp³-hybridized carbons (Fsp3) is 0.167. The van der Waals surface area contributed by atoms with Crippen LogP contribution in [0.4, 0.5) is 0 Å². The minimum absolute atomic E-state index is 0.00396. The van der Waals surface area contributed by atoms with E-state index in [0.29, 0.717) is 11.6 Å². The zero-order valence-electron chi connectivity index (χ0n) is 11.9. The third-order valence-corrected chi connectivity index (χ3v) is 4.28. The first-order chi connectivity index (χ1) is 10.8. The van der Waals surface area contributed by atoms with Crippen LogP contribution < -0.4 is 10.3 Å². The van der Waals surface area contributed by atoms with Gasteiger partial charge >= 0.3 is 0 Å². The molecule has 3 aromatic rings. The van der Waals surface area contributed by atoms with Crippen molar-refractivity contribution in [2.75, 3.05) is 6.61 Å². The van der Waals surface area contributed by atoms with Gasteiger partial charge in [-0.3, -0.25) is 9.36 Å². The first-order valence-corrected chi connectivity index (χ1v) is 7.69. The molecule has 0 N–H and O–H groups in total. The Balaban J connectivity index is 2.12. The number of halogens is 1. The molecule has 0 unspecified atom stereocenters. The molecule has 0 amide bonds. The van der Waals surface area contributed by atoms with E-state index in [4.69, 9.17) is 16.3 Å². The zero-order chi connectivity index (χ0) is 15.1. The van der Waals surface area contributed by atoms with E-state index in [2.05, 4.69) is 0 Å². The highest BCUT2D eigenvalue weighted by atomic mass is 35.5. The minimum atomic E-state index is -0.00396. The van der Waals surface area contributed by atoms with Crippen molar-refractivity contribution < 1.29 is 4.74 Å². The molecule has 110 valence electrons. The van der Waals surface area contributed by atoms with E-state index in [0.717, 1.165) is 40.7 Å². The van der Waals surface area contributed by atoms with Crippen molar-refractivity contribution in [3.63, 3.8) is 0 Å². The highest BCUT2D eigenvalue weighted by Gasteiger charge is 2.21. The summed E-state index contributed by atoms with van der Waals surface area (Å²) in [6.07, 6.45) is 1.63. The van der Waals surface area contributed by atoms with Gasteiger partial charge in [-0.25, -0.2) is 0 Å². The monoisotopic (exact) mass is 311 g/mol. The van der Waals surface area contributed by atoms with Gasteiger partial charge in [-0.2, -0.15) is 0 Å². The molecule has 0 saturated carbocycles. The maximum atomic E-state index is 13.0. The average molecular weight is 312 g/mol. The molecule has 4 rings (SSSR count). The summed E-state index contributed by atoms with van der Waals surface area (Å²) in [4.78, 5) is 13.0. The zero-order valence-corrected chi connectivity index (χ0v) is 12.6. The van der Waals surface area contributed by atoms with Gasteiger partial charge in [0.05, 0.1) is 17.7 Å². The van der Waals surface area contributed by atoms with Crippen LogP contribution in [-0.2, 0) is 6.42 Å². The van der Waals surface area contributed by atoms with Crippen molar-refractivity contribution in [3.05, 3.63) is 69.5 Å². The third kappa shape index (κ3) is 2.01. The Bertz CT molecular complexity index is 913. The summed E-state index contributed by atoms with van der Waals surface area (Å²) in [6.45, 7) is 0.668. The van der Waals surface area contributed by atoms with Gasteiger partial charge in [0, 0.05) is 16.1 Å². The summed E-state index contributed by atoms with van der Waals surface area (Å²) in [7, 11) is 0. The van der Waals surface area contributed by atoms with Crippen molar-refractivity contribution in [2.24, 2.45) is 0 Å². The van der Waals surface area contributed by atoms with E-state index >= 15 is 0 Å². The molecule has 0 bridgehead atoms. The lowest BCUT2D eigenvalue weighted by atomic mass is 10.0. The summed E-state index contributed by atoms with van der Waals surface area (Å²) in [5, 5.41) is 1.63. The molecule has 1 aliphatic heterocycles. The summed E-state index contributed by atoms with van der Waals surface area (Å²) in [5.41, 5.74) is 2.44. The van der Waals surface area contributed by atoms with Gasteiger partial charge in [-0.1, -0.05) is 23.7 Å². The predicted octanol–water partition coefficient (Wildman–Crippen LogP) is 3.97. The highest BCUT2D eigenvalue weighted by Crippen LogP contribution is 2.32. The topological polar surface area (TPSA) is 31.2 Å². The molecule has 22 heavy (non-hydrogen) atoms. The second-order valence-corrected chi connectivity index (χ2v) is 5.83. The summed E-state index contributed by atoms with van der Waals surface area (Å²) < 4.78 is 7.54. The van der Waals surface area contributed by atoms with E-state index in [1.54, 1.807) is 16.7 Å². The molecule has 0 spiro atoms. The smallest absolute Gasteiger partial charge is 0.262 e. The predicted molar refractivity (Wildman–Crippen MR) is 88.4 cm³/mol. The van der Waals surface area contributed by atoms with Crippen molar-refractivity contribution in [2.45, 2.75) is 12.8 Å². The van der Waals surface area contributed by atoms with Crippen LogP contribution in [-0.4, -0.2) is 11.2 Å². The standard InChI is InChI=1S/C18H14ClNO2/c19-12-7-9-13(10-8-12)20-16-6-2-1-4-14(16)17-15(18(20)21)5-3-11-22-17/h1-2,4,6-10H,3,5,11H2. The number of rotatable bonds is 1. The fourth-order valence-corrected chi connectivity index (χ4v) is 3.15. The van der Waals surface area contributed by atoms with Crippen LogP contribution in [0.3, 0.4) is 0 Å². The van der Waals surface area contributed by atoms with Crippen LogP contribution in [0.5, 0.6) is 5.75 Å². The second kappa shape index (κ2) is 5.18. The molecular formula is C18H14ClNO2. The maximum Gasteiger partial charge on any atom is 0.262 e. The van der Waals surface area contributed by atoms with Crippen LogP contribution >= 0.6 is 11.6 Å². The number of nitrogens with zero attached hydrogens (tertiary/aromatic N) is 1. The molecule has 1 aliphatic rings. The maximum absolute atomic E-state index is 13.0. The molecular weight excluding hydrogens is 298 g/mol. The Labute approximate surface area is 132 Å². The quantitative estimate of drug-likeness (QED) is 0.681. The van der Waals surface area contributed by atoms with Gasteiger partial charge in [0.25, 0.3) is 5.56 Å². The van der Waals surface area contributed by atoms with Gasteiger partial charge in [-0.15, -0.1) is 0 Å². The minimum Gasteiger partial charge on any atom is -0.492 e. The average Bonchev–Trinajstić information content (AvgIpc) is 2.57. The number of hydrogen-bond acceptors (Lipinski definition) is 2. The fourth-order valence-electron chi connectivity index (χ4n) is 3.02. The van der Waals surface area contributed by atoms with Crippen LogP contribution in [0.25, 0.3) is 16.6 Å². The van der Waals surface area contributed by atoms with Crippen LogP contribution in [0.1, 0.15) is 12.0 Å². The number of para-hydroxylation sites is 1. The molecule has 0 aliphatic carbocycles. The van der Waals surface area contributed by atoms with Gasteiger partial charge in [0.2, 0.25) is 0 Å². The Morgan fingerprint density at radius 3 is 2.64 bits per heavy atom. The number of ether oxygens (including phenoxy) is 1. The third-order valence-electron chi connectivity index (χ3n) is 4.03. The summed E-state index contributed by atoms with van der Waals surface area (Å²) >= 11 is 5.97. The molecule has 2 aromatic carbocycles. The normalized spacial score (nSPS) is 13.7. The molecule has 2 heterocycles. The SMILES string of the molecule is O=c1c2c(c3ccccc3n1-c1ccc(Cl)cc1)OCCC2. The Morgan fingerprint density at radius 2 is 1.82 bits per heavy atom. The lowest BCUT2D eigenvalue weighted by Crippen LogP contribution is -2.26. The molecule has 3 nitrogen and oxygen atoms in total. The first-order valence-electron chi connectivity index (χ1n) is 7.31. The molecule has 0 saturated heterocycles. The molecule has 1 aromatic heterocycles. The molecule has 0 atom stereocenters. The van der Waals surface area contributed by atoms with Gasteiger partial charge < -0.3 is 4.74 Å². The molecule has 4 heteroatoms. The lowest BCUT2D eigenvalue weighted by Gasteiger charge is -2.21. The Hall–Kier alpha value is -2.26. The van der Waals surface area contributed by atoms with E-state index in [1.165, 1.54) is 0 Å². The summed E-state index contributed by atoms with van der Waals surface area (Å²) in [6, 6.07) is 15.2. The largest absolute Gasteiger partial charge is 0.492 e. The van der Waals surface area contributed by atoms with Crippen LogP contribution in [0.15, 0.2) is 53.3 Å².